The van der Waals surface area contributed by atoms with Crippen LogP contribution in [0.1, 0.15) is 49.7 Å². The van der Waals surface area contributed by atoms with Crippen molar-refractivity contribution in [2.45, 2.75) is 55.9 Å². The summed E-state index contributed by atoms with van der Waals surface area (Å²) in [5.41, 5.74) is 8.35. The molecule has 0 bridgehead atoms. The van der Waals surface area contributed by atoms with Gasteiger partial charge in [-0.2, -0.15) is 0 Å². The molecule has 1 saturated carbocycles. The monoisotopic (exact) mass is 386 g/mol. The number of fused-ring (bicyclic) bond motifs is 3. The zero-order chi connectivity index (χ0) is 19.1. The van der Waals surface area contributed by atoms with E-state index < -0.39 is 0 Å². The predicted molar refractivity (Wildman–Crippen MR) is 110 cm³/mol. The average molecular weight is 387 g/mol. The Kier molecular flexibility index (Phi) is 5.36. The van der Waals surface area contributed by atoms with Crippen molar-refractivity contribution in [1.82, 2.24) is 5.32 Å². The van der Waals surface area contributed by atoms with Crippen LogP contribution in [0.5, 0.6) is 0 Å². The number of carbonyl (C=O) groups is 1. The van der Waals surface area contributed by atoms with E-state index in [-0.39, 0.29) is 47.0 Å². The number of thioether (sulfide) groups is 1. The number of piperidine rings is 1. The fraction of sp³-hybridized carbons (Fsp3) is 0.591. The summed E-state index contributed by atoms with van der Waals surface area (Å²) >= 11 is 1.61. The largest absolute Gasteiger partial charge is 0.392 e. The molecule has 8 atom stereocenters. The van der Waals surface area contributed by atoms with Crippen LogP contribution in [-0.4, -0.2) is 35.0 Å². The number of amides is 1. The molecule has 4 rings (SSSR count). The van der Waals surface area contributed by atoms with Crippen LogP contribution in [0.4, 0.5) is 0 Å². The minimum absolute atomic E-state index is 0.0489. The predicted octanol–water partition coefficient (Wildman–Crippen LogP) is 2.98. The van der Waals surface area contributed by atoms with Gasteiger partial charge in [0.2, 0.25) is 5.91 Å². The summed E-state index contributed by atoms with van der Waals surface area (Å²) < 4.78 is 0. The van der Waals surface area contributed by atoms with Crippen LogP contribution < -0.4 is 11.1 Å². The number of aliphatic hydroxyl groups excluding tert-OH is 1. The van der Waals surface area contributed by atoms with Crippen molar-refractivity contribution in [2.24, 2.45) is 23.5 Å². The number of nitrogens with two attached hydrogens (primary N) is 1. The molecule has 146 valence electrons. The van der Waals surface area contributed by atoms with Gasteiger partial charge in [-0.25, -0.2) is 0 Å². The van der Waals surface area contributed by atoms with Gasteiger partial charge in [0.25, 0.3) is 0 Å². The first-order chi connectivity index (χ1) is 13.0. The summed E-state index contributed by atoms with van der Waals surface area (Å²) in [6, 6.07) is 8.82. The molecule has 2 fully saturated rings. The third-order valence-corrected chi connectivity index (χ3v) is 8.06. The number of carbonyl (C=O) groups excluding carboxylic acids is 1. The van der Waals surface area contributed by atoms with E-state index in [1.54, 1.807) is 11.8 Å². The second kappa shape index (κ2) is 7.61. The van der Waals surface area contributed by atoms with Gasteiger partial charge < -0.3 is 16.2 Å². The Morgan fingerprint density at radius 2 is 2.07 bits per heavy atom. The summed E-state index contributed by atoms with van der Waals surface area (Å²) in [5.74, 6) is 1.31. The van der Waals surface area contributed by atoms with E-state index in [1.165, 1.54) is 11.1 Å². The second-order valence-electron chi connectivity index (χ2n) is 8.39. The molecule has 2 heterocycles. The Morgan fingerprint density at radius 3 is 2.74 bits per heavy atom. The first kappa shape index (κ1) is 19.0. The van der Waals surface area contributed by atoms with Gasteiger partial charge in [0.1, 0.15) is 0 Å². The first-order valence-electron chi connectivity index (χ1n) is 10.2. The molecule has 1 saturated heterocycles. The van der Waals surface area contributed by atoms with Gasteiger partial charge in [-0.15, -0.1) is 11.8 Å². The standard InChI is InChI=1S/C22H30N2O2S/c1-3-13(11-23)14-4-6-15(7-5-14)18-17(25)10-12(2)20-19(18)16-8-9-27-21(16)22(26)24-20/h4-9,12-13,16-21,25H,3,10-11,23H2,1-2H3,(H,24,26). The van der Waals surface area contributed by atoms with Gasteiger partial charge in [-0.05, 0) is 53.7 Å². The van der Waals surface area contributed by atoms with Crippen molar-refractivity contribution in [3.63, 3.8) is 0 Å². The summed E-state index contributed by atoms with van der Waals surface area (Å²) in [5, 5.41) is 16.3. The summed E-state index contributed by atoms with van der Waals surface area (Å²) in [6.45, 7) is 4.97. The quantitative estimate of drug-likeness (QED) is 0.744. The molecule has 1 amide bonds. The van der Waals surface area contributed by atoms with E-state index in [2.05, 4.69) is 54.9 Å². The molecule has 1 aromatic carbocycles. The maximum Gasteiger partial charge on any atom is 0.234 e. The van der Waals surface area contributed by atoms with Crippen LogP contribution in [0, 0.1) is 17.8 Å². The first-order valence-corrected chi connectivity index (χ1v) is 11.1. The fourth-order valence-electron chi connectivity index (χ4n) is 5.45. The molecule has 0 spiro atoms. The Hall–Kier alpha value is -1.30. The average Bonchev–Trinajstić information content (AvgIpc) is 3.15. The molecule has 2 aliphatic heterocycles. The summed E-state index contributed by atoms with van der Waals surface area (Å²) in [6.07, 6.45) is 3.57. The maximum absolute atomic E-state index is 12.5. The van der Waals surface area contributed by atoms with Gasteiger partial charge in [0, 0.05) is 17.9 Å². The Bertz CT molecular complexity index is 716. The molecule has 4 N–H and O–H groups in total. The Morgan fingerprint density at radius 1 is 1.33 bits per heavy atom. The normalized spacial score (nSPS) is 38.8. The number of hydrogen-bond acceptors (Lipinski definition) is 4. The number of rotatable bonds is 4. The van der Waals surface area contributed by atoms with Crippen molar-refractivity contribution < 1.29 is 9.90 Å². The van der Waals surface area contributed by atoms with Crippen molar-refractivity contribution in [2.75, 3.05) is 6.54 Å². The van der Waals surface area contributed by atoms with Gasteiger partial charge in [0.15, 0.2) is 0 Å². The minimum Gasteiger partial charge on any atom is -0.392 e. The van der Waals surface area contributed by atoms with Gasteiger partial charge in [-0.1, -0.05) is 44.2 Å². The highest BCUT2D eigenvalue weighted by atomic mass is 32.2. The SMILES string of the molecule is CCC(CN)c1ccc(C2C(O)CC(C)C3NC(=O)C4SC=CC4C32)cc1. The topological polar surface area (TPSA) is 75.3 Å². The lowest BCUT2D eigenvalue weighted by Gasteiger charge is -2.51. The van der Waals surface area contributed by atoms with Gasteiger partial charge in [0.05, 0.1) is 11.4 Å². The number of allylic oxidation sites excluding steroid dienone is 1. The second-order valence-corrected chi connectivity index (χ2v) is 9.44. The number of aliphatic hydroxyl groups is 1. The van der Waals surface area contributed by atoms with E-state index in [9.17, 15) is 9.90 Å². The molecule has 8 unspecified atom stereocenters. The lowest BCUT2D eigenvalue weighted by atomic mass is 9.60. The molecule has 27 heavy (non-hydrogen) atoms. The lowest BCUT2D eigenvalue weighted by molar-refractivity contribution is -0.128. The minimum atomic E-state index is -0.377. The molecule has 0 aromatic heterocycles. The Balaban J connectivity index is 1.68. The zero-order valence-electron chi connectivity index (χ0n) is 16.0. The highest BCUT2D eigenvalue weighted by Crippen LogP contribution is 2.51. The third kappa shape index (κ3) is 3.24. The van der Waals surface area contributed by atoms with Crippen molar-refractivity contribution >= 4 is 17.7 Å². The van der Waals surface area contributed by atoms with E-state index in [0.717, 1.165) is 12.8 Å². The summed E-state index contributed by atoms with van der Waals surface area (Å²) in [4.78, 5) is 12.5. The van der Waals surface area contributed by atoms with Crippen LogP contribution in [0.15, 0.2) is 35.7 Å². The molecule has 1 aromatic rings. The molecule has 0 radical (unpaired) electrons. The summed E-state index contributed by atoms with van der Waals surface area (Å²) in [7, 11) is 0. The van der Waals surface area contributed by atoms with Crippen molar-refractivity contribution in [1.29, 1.82) is 0 Å². The molecular weight excluding hydrogens is 356 g/mol. The van der Waals surface area contributed by atoms with Crippen molar-refractivity contribution in [3.05, 3.63) is 46.9 Å². The highest BCUT2D eigenvalue weighted by Gasteiger charge is 2.53. The lowest BCUT2D eigenvalue weighted by Crippen LogP contribution is -2.62. The number of nitrogens with one attached hydrogen (secondary N) is 1. The molecular formula is C22H30N2O2S. The molecule has 3 aliphatic rings. The van der Waals surface area contributed by atoms with E-state index in [0.29, 0.717) is 12.5 Å². The van der Waals surface area contributed by atoms with Crippen LogP contribution >= 0.6 is 11.8 Å². The molecule has 5 heteroatoms. The zero-order valence-corrected chi connectivity index (χ0v) is 16.9. The van der Waals surface area contributed by atoms with Gasteiger partial charge >= 0.3 is 0 Å². The van der Waals surface area contributed by atoms with Crippen LogP contribution in [0.2, 0.25) is 0 Å². The van der Waals surface area contributed by atoms with Crippen LogP contribution in [0.3, 0.4) is 0 Å². The van der Waals surface area contributed by atoms with E-state index >= 15 is 0 Å². The number of hydrogen-bond donors (Lipinski definition) is 3. The van der Waals surface area contributed by atoms with Crippen LogP contribution in [-0.2, 0) is 4.79 Å². The van der Waals surface area contributed by atoms with Gasteiger partial charge in [-0.3, -0.25) is 4.79 Å². The van der Waals surface area contributed by atoms with Crippen LogP contribution in [0.25, 0.3) is 0 Å². The van der Waals surface area contributed by atoms with E-state index in [4.69, 9.17) is 5.73 Å². The third-order valence-electron chi connectivity index (χ3n) is 6.93. The smallest absolute Gasteiger partial charge is 0.234 e. The van der Waals surface area contributed by atoms with E-state index in [1.807, 2.05) is 0 Å². The number of benzene rings is 1. The molecule has 4 nitrogen and oxygen atoms in total. The highest BCUT2D eigenvalue weighted by molar-refractivity contribution is 8.03. The maximum atomic E-state index is 12.5. The Labute approximate surface area is 166 Å². The molecule has 1 aliphatic carbocycles. The fourth-order valence-corrected chi connectivity index (χ4v) is 6.54. The van der Waals surface area contributed by atoms with Crippen molar-refractivity contribution in [3.8, 4) is 0 Å².